The lowest BCUT2D eigenvalue weighted by Gasteiger charge is -2.28. The van der Waals surface area contributed by atoms with Crippen molar-refractivity contribution in [2.24, 2.45) is 0 Å². The summed E-state index contributed by atoms with van der Waals surface area (Å²) in [5.74, 6) is -2.43. The minimum Gasteiger partial charge on any atom is -0.460 e. The average molecular weight is 863 g/mol. The molecule has 3 rings (SSSR count). The van der Waals surface area contributed by atoms with Crippen LogP contribution in [0.15, 0.2) is 84.9 Å². The molecule has 0 bridgehead atoms. The predicted octanol–water partition coefficient (Wildman–Crippen LogP) is 5.22. The first-order chi connectivity index (χ1) is 28.7. The maximum Gasteiger partial charge on any atom is 0.408 e. The summed E-state index contributed by atoms with van der Waals surface area (Å²) in [6, 6.07) is 21.8. The van der Waals surface area contributed by atoms with Gasteiger partial charge in [0.2, 0.25) is 17.7 Å². The highest BCUT2D eigenvalue weighted by Crippen LogP contribution is 2.17. The molecule has 3 aromatic rings. The third-order valence-electron chi connectivity index (χ3n) is 8.96. The highest BCUT2D eigenvalue weighted by molar-refractivity contribution is 7.84. The van der Waals surface area contributed by atoms with Crippen molar-refractivity contribution in [2.75, 3.05) is 25.6 Å². The zero-order valence-electron chi connectivity index (χ0n) is 36.6. The van der Waals surface area contributed by atoms with Gasteiger partial charge in [0.1, 0.15) is 35.1 Å². The number of nitrogens with one attached hydrogen (secondary N) is 3. The van der Waals surface area contributed by atoms with Gasteiger partial charge in [-0.2, -0.15) is 0 Å². The van der Waals surface area contributed by atoms with Crippen LogP contribution in [0.5, 0.6) is 5.75 Å². The Hall–Kier alpha value is -5.57. The van der Waals surface area contributed by atoms with Crippen LogP contribution in [0.2, 0.25) is 0 Å². The molecule has 1 unspecified atom stereocenters. The molecule has 0 saturated heterocycles. The summed E-state index contributed by atoms with van der Waals surface area (Å²) in [5.41, 5.74) is 0.896. The normalized spacial score (nSPS) is 13.4. The average Bonchev–Trinajstić information content (AvgIpc) is 3.17. The van der Waals surface area contributed by atoms with Gasteiger partial charge in [0.05, 0.1) is 6.42 Å². The fourth-order valence-electron chi connectivity index (χ4n) is 6.03. The van der Waals surface area contributed by atoms with Gasteiger partial charge >= 0.3 is 18.0 Å². The molecule has 4 atom stereocenters. The number of amides is 4. The Balaban J connectivity index is 1.79. The Morgan fingerprint density at radius 2 is 1.16 bits per heavy atom. The number of benzene rings is 3. The van der Waals surface area contributed by atoms with Crippen LogP contribution in [0.25, 0.3) is 0 Å². The predicted molar refractivity (Wildman–Crippen MR) is 234 cm³/mol. The van der Waals surface area contributed by atoms with E-state index in [1.54, 1.807) is 77.9 Å². The van der Waals surface area contributed by atoms with Crippen LogP contribution in [0.4, 0.5) is 4.79 Å². The molecule has 4 amide bonds. The molecule has 0 heterocycles. The number of esters is 2. The largest absolute Gasteiger partial charge is 0.460 e. The van der Waals surface area contributed by atoms with Crippen molar-refractivity contribution in [3.8, 4) is 5.75 Å². The lowest BCUT2D eigenvalue weighted by atomic mass is 10.0. The number of likely N-dealkylation sites (N-methyl/N-ethyl adjacent to an activating group) is 1. The Bertz CT molecular complexity index is 1930. The van der Waals surface area contributed by atoms with E-state index in [1.807, 2.05) is 48.5 Å². The molecular formula is C46H62N4O10S. The topological polar surface area (TPSA) is 187 Å². The van der Waals surface area contributed by atoms with Crippen LogP contribution in [-0.4, -0.2) is 99.8 Å². The summed E-state index contributed by atoms with van der Waals surface area (Å²) in [6.45, 7) is 10.3. The van der Waals surface area contributed by atoms with Gasteiger partial charge in [-0.25, -0.2) is 4.79 Å². The maximum atomic E-state index is 14.1. The first kappa shape index (κ1) is 49.8. The van der Waals surface area contributed by atoms with Crippen molar-refractivity contribution in [1.29, 1.82) is 0 Å². The lowest BCUT2D eigenvalue weighted by molar-refractivity contribution is -0.155. The standard InChI is InChI=1S/C46H62N4O10S/c1-45(2,3)59-40(52)26-28-50(7)43(55)38(31-33-18-13-10-14-19-33)48-41(53)36(27-29-61(8)57)47-42(54)37(49-44(56)60-46(4,5)6)30-34-22-24-35(25-23-34)58-39(51)21-15-20-32-16-11-9-12-17-32/h9-14,16-19,22-25,36-38H,15,20-21,26-31H2,1-8H3,(H,47,54)(H,48,53)(H,49,56)/t36-,37+,38+,61?/m1/s1. The number of ether oxygens (including phenoxy) is 3. The van der Waals surface area contributed by atoms with Crippen LogP contribution in [-0.2, 0) is 63.5 Å². The van der Waals surface area contributed by atoms with Crippen LogP contribution in [0.1, 0.15) is 83.9 Å². The molecule has 0 aromatic heterocycles. The fourth-order valence-corrected chi connectivity index (χ4v) is 6.59. The van der Waals surface area contributed by atoms with Gasteiger partial charge in [0.15, 0.2) is 0 Å². The molecule has 0 aliphatic heterocycles. The summed E-state index contributed by atoms with van der Waals surface area (Å²) >= 11 is 0. The monoisotopic (exact) mass is 862 g/mol. The number of carbonyl (C=O) groups excluding carboxylic acids is 6. The number of hydrogen-bond acceptors (Lipinski definition) is 10. The molecule has 0 fully saturated rings. The molecule has 14 nitrogen and oxygen atoms in total. The van der Waals surface area contributed by atoms with Gasteiger partial charge in [0.25, 0.3) is 0 Å². The SMILES string of the molecule is CN(CCC(=O)OC(C)(C)C)C(=O)[C@H](Cc1ccccc1)NC(=O)[C@@H](CCS(C)=O)NC(=O)[C@H](Cc1ccc(OC(=O)CCCc2ccccc2)cc1)NC(=O)OC(C)(C)C. The smallest absolute Gasteiger partial charge is 0.408 e. The molecule has 332 valence electrons. The van der Waals surface area contributed by atoms with Crippen LogP contribution in [0, 0.1) is 0 Å². The van der Waals surface area contributed by atoms with Crippen molar-refractivity contribution < 1.29 is 47.2 Å². The van der Waals surface area contributed by atoms with Gasteiger partial charge in [-0.05, 0) is 89.6 Å². The van der Waals surface area contributed by atoms with E-state index in [-0.39, 0.29) is 50.4 Å². The Labute approximate surface area is 362 Å². The summed E-state index contributed by atoms with van der Waals surface area (Å²) in [4.78, 5) is 81.3. The Morgan fingerprint density at radius 3 is 1.74 bits per heavy atom. The van der Waals surface area contributed by atoms with E-state index in [0.717, 1.165) is 17.5 Å². The molecule has 0 spiro atoms. The number of carbonyl (C=O) groups is 6. The van der Waals surface area contributed by atoms with Crippen LogP contribution < -0.4 is 20.7 Å². The Kier molecular flexibility index (Phi) is 19.6. The van der Waals surface area contributed by atoms with Crippen LogP contribution in [0.3, 0.4) is 0 Å². The zero-order valence-corrected chi connectivity index (χ0v) is 37.4. The van der Waals surface area contributed by atoms with E-state index >= 15 is 0 Å². The van der Waals surface area contributed by atoms with E-state index in [1.165, 1.54) is 18.2 Å². The first-order valence-corrected chi connectivity index (χ1v) is 22.1. The van der Waals surface area contributed by atoms with E-state index in [4.69, 9.17) is 14.2 Å². The van der Waals surface area contributed by atoms with Gasteiger partial charge < -0.3 is 35.1 Å². The summed E-state index contributed by atoms with van der Waals surface area (Å²) in [7, 11) is 0.172. The molecular weight excluding hydrogens is 801 g/mol. The van der Waals surface area contributed by atoms with E-state index in [2.05, 4.69) is 16.0 Å². The number of rotatable bonds is 21. The second-order valence-electron chi connectivity index (χ2n) is 16.8. The van der Waals surface area contributed by atoms with Gasteiger partial charge in [0, 0.05) is 55.7 Å². The lowest BCUT2D eigenvalue weighted by Crippen LogP contribution is -2.58. The Morgan fingerprint density at radius 1 is 0.639 bits per heavy atom. The third kappa shape index (κ3) is 20.0. The number of nitrogens with zero attached hydrogens (tertiary/aromatic N) is 1. The quantitative estimate of drug-likeness (QED) is 0.0948. The van der Waals surface area contributed by atoms with Crippen LogP contribution >= 0.6 is 0 Å². The van der Waals surface area contributed by atoms with Crippen molar-refractivity contribution >= 4 is 46.6 Å². The molecule has 0 radical (unpaired) electrons. The fraction of sp³-hybridized carbons (Fsp3) is 0.478. The zero-order chi connectivity index (χ0) is 45.2. The maximum absolute atomic E-state index is 14.1. The molecule has 3 N–H and O–H groups in total. The van der Waals surface area contributed by atoms with Crippen molar-refractivity contribution in [2.45, 2.75) is 116 Å². The molecule has 61 heavy (non-hydrogen) atoms. The van der Waals surface area contributed by atoms with Gasteiger partial charge in [-0.3, -0.25) is 28.2 Å². The van der Waals surface area contributed by atoms with Gasteiger partial charge in [-0.15, -0.1) is 0 Å². The van der Waals surface area contributed by atoms with Crippen molar-refractivity contribution in [1.82, 2.24) is 20.9 Å². The highest BCUT2D eigenvalue weighted by atomic mass is 32.2. The van der Waals surface area contributed by atoms with E-state index in [0.29, 0.717) is 17.7 Å². The molecule has 0 aliphatic carbocycles. The summed E-state index contributed by atoms with van der Waals surface area (Å²) in [6.07, 6.45) is 2.13. The molecule has 3 aromatic carbocycles. The number of aryl methyl sites for hydroxylation is 1. The number of alkyl carbamates (subject to hydrolysis) is 1. The molecule has 0 aliphatic rings. The minimum absolute atomic E-state index is 0.0278. The molecule has 15 heteroatoms. The second-order valence-corrected chi connectivity index (χ2v) is 18.4. The third-order valence-corrected chi connectivity index (χ3v) is 9.77. The highest BCUT2D eigenvalue weighted by Gasteiger charge is 2.32. The van der Waals surface area contributed by atoms with Crippen molar-refractivity contribution in [3.05, 3.63) is 102 Å². The van der Waals surface area contributed by atoms with Crippen molar-refractivity contribution in [3.63, 3.8) is 0 Å². The molecule has 0 saturated carbocycles. The summed E-state index contributed by atoms with van der Waals surface area (Å²) in [5, 5.41) is 8.12. The van der Waals surface area contributed by atoms with Gasteiger partial charge in [-0.1, -0.05) is 72.8 Å². The van der Waals surface area contributed by atoms with E-state index < -0.39 is 69.9 Å². The second kappa shape index (κ2) is 24.0. The number of hydrogen-bond donors (Lipinski definition) is 3. The minimum atomic E-state index is -1.35. The first-order valence-electron chi connectivity index (χ1n) is 20.4. The van der Waals surface area contributed by atoms with E-state index in [9.17, 15) is 33.0 Å². The summed E-state index contributed by atoms with van der Waals surface area (Å²) < 4.78 is 28.6.